The first kappa shape index (κ1) is 18.4. The maximum Gasteiger partial charge on any atom is 0.409 e. The van der Waals surface area contributed by atoms with E-state index < -0.39 is 35.0 Å². The Labute approximate surface area is 141 Å². The number of piperidine rings is 1. The summed E-state index contributed by atoms with van der Waals surface area (Å²) in [4.78, 5) is 25.1. The molecule has 1 saturated heterocycles. The van der Waals surface area contributed by atoms with Gasteiger partial charge < -0.3 is 15.0 Å². The molecule has 1 N–H and O–H groups in total. The minimum atomic E-state index is -1.68. The SMILES string of the molecule is O=C(NC1CCN(C(=O)OCCCl)CC1)c1ccc(F)c(F)c1F. The third-order valence-corrected chi connectivity index (χ3v) is 3.83. The van der Waals surface area contributed by atoms with Gasteiger partial charge >= 0.3 is 6.09 Å². The lowest BCUT2D eigenvalue weighted by Gasteiger charge is -2.31. The van der Waals surface area contributed by atoms with Crippen LogP contribution in [0.3, 0.4) is 0 Å². The van der Waals surface area contributed by atoms with Gasteiger partial charge in [-0.2, -0.15) is 0 Å². The van der Waals surface area contributed by atoms with Crippen molar-refractivity contribution >= 4 is 23.6 Å². The normalized spacial score (nSPS) is 15.2. The summed E-state index contributed by atoms with van der Waals surface area (Å²) in [6.45, 7) is 0.825. The molecule has 0 spiro atoms. The first-order chi connectivity index (χ1) is 11.4. The molecule has 5 nitrogen and oxygen atoms in total. The lowest BCUT2D eigenvalue weighted by Crippen LogP contribution is -2.47. The molecule has 1 fully saturated rings. The Bertz CT molecular complexity index is 622. The molecule has 0 aliphatic carbocycles. The van der Waals surface area contributed by atoms with E-state index in [0.29, 0.717) is 32.0 Å². The van der Waals surface area contributed by atoms with E-state index >= 15 is 0 Å². The number of benzene rings is 1. The minimum Gasteiger partial charge on any atom is -0.448 e. The number of nitrogens with zero attached hydrogens (tertiary/aromatic N) is 1. The summed E-state index contributed by atoms with van der Waals surface area (Å²) in [7, 11) is 0. The van der Waals surface area contributed by atoms with E-state index in [-0.39, 0.29) is 18.5 Å². The molecule has 0 bridgehead atoms. The fourth-order valence-electron chi connectivity index (χ4n) is 2.39. The summed E-state index contributed by atoms with van der Waals surface area (Å²) in [5.41, 5.74) is -0.558. The topological polar surface area (TPSA) is 58.6 Å². The second-order valence-electron chi connectivity index (χ2n) is 5.26. The molecule has 0 aromatic heterocycles. The van der Waals surface area contributed by atoms with E-state index in [1.54, 1.807) is 0 Å². The van der Waals surface area contributed by atoms with Gasteiger partial charge in [0.2, 0.25) is 0 Å². The molecule has 9 heteroatoms. The molecule has 24 heavy (non-hydrogen) atoms. The number of alkyl halides is 1. The predicted octanol–water partition coefficient (Wildman–Crippen LogP) is 2.67. The number of halogens is 4. The van der Waals surface area contributed by atoms with Crippen molar-refractivity contribution in [2.45, 2.75) is 18.9 Å². The summed E-state index contributed by atoms with van der Waals surface area (Å²) in [5, 5.41) is 2.56. The minimum absolute atomic E-state index is 0.118. The van der Waals surface area contributed by atoms with Crippen LogP contribution < -0.4 is 5.32 Å². The number of hydrogen-bond donors (Lipinski definition) is 1. The van der Waals surface area contributed by atoms with E-state index in [1.807, 2.05) is 0 Å². The highest BCUT2D eigenvalue weighted by molar-refractivity contribution is 6.18. The van der Waals surface area contributed by atoms with Crippen LogP contribution >= 0.6 is 11.6 Å². The van der Waals surface area contributed by atoms with Crippen molar-refractivity contribution in [3.63, 3.8) is 0 Å². The molecule has 1 aromatic carbocycles. The molecular formula is C15H16ClF3N2O3. The zero-order chi connectivity index (χ0) is 17.7. The van der Waals surface area contributed by atoms with Gasteiger partial charge in [0.1, 0.15) is 6.61 Å². The zero-order valence-corrected chi connectivity index (χ0v) is 13.4. The van der Waals surface area contributed by atoms with E-state index in [0.717, 1.165) is 6.07 Å². The van der Waals surface area contributed by atoms with Crippen molar-refractivity contribution in [2.75, 3.05) is 25.6 Å². The van der Waals surface area contributed by atoms with Crippen LogP contribution in [0.15, 0.2) is 12.1 Å². The molecule has 0 atom stereocenters. The Morgan fingerprint density at radius 1 is 1.21 bits per heavy atom. The maximum atomic E-state index is 13.6. The van der Waals surface area contributed by atoms with Crippen LogP contribution in [0.4, 0.5) is 18.0 Å². The van der Waals surface area contributed by atoms with Gasteiger partial charge in [-0.25, -0.2) is 18.0 Å². The second-order valence-corrected chi connectivity index (χ2v) is 5.64. The van der Waals surface area contributed by atoms with Gasteiger partial charge in [-0.1, -0.05) is 0 Å². The average Bonchev–Trinajstić information content (AvgIpc) is 2.58. The van der Waals surface area contributed by atoms with Crippen molar-refractivity contribution in [1.29, 1.82) is 0 Å². The monoisotopic (exact) mass is 364 g/mol. The summed E-state index contributed by atoms with van der Waals surface area (Å²) >= 11 is 5.43. The van der Waals surface area contributed by atoms with Crippen molar-refractivity contribution in [2.24, 2.45) is 0 Å². The third kappa shape index (κ3) is 4.31. The van der Waals surface area contributed by atoms with Crippen LogP contribution in [-0.2, 0) is 4.74 Å². The third-order valence-electron chi connectivity index (χ3n) is 3.67. The fraction of sp³-hybridized carbons (Fsp3) is 0.467. The number of likely N-dealkylation sites (tertiary alicyclic amines) is 1. The molecule has 1 aliphatic heterocycles. The van der Waals surface area contributed by atoms with Gasteiger partial charge in [-0.3, -0.25) is 4.79 Å². The number of rotatable bonds is 4. The van der Waals surface area contributed by atoms with Crippen LogP contribution in [0, 0.1) is 17.5 Å². The smallest absolute Gasteiger partial charge is 0.409 e. The summed E-state index contributed by atoms with van der Waals surface area (Å²) in [6, 6.07) is 1.28. The van der Waals surface area contributed by atoms with Crippen LogP contribution in [-0.4, -0.2) is 48.5 Å². The zero-order valence-electron chi connectivity index (χ0n) is 12.7. The number of amides is 2. The van der Waals surface area contributed by atoms with Crippen LogP contribution in [0.2, 0.25) is 0 Å². The van der Waals surface area contributed by atoms with Crippen LogP contribution in [0.1, 0.15) is 23.2 Å². The highest BCUT2D eigenvalue weighted by atomic mass is 35.5. The van der Waals surface area contributed by atoms with E-state index in [2.05, 4.69) is 5.32 Å². The molecule has 0 radical (unpaired) electrons. The van der Waals surface area contributed by atoms with E-state index in [1.165, 1.54) is 4.90 Å². The molecule has 132 valence electrons. The number of ether oxygens (including phenoxy) is 1. The van der Waals surface area contributed by atoms with Crippen molar-refractivity contribution in [1.82, 2.24) is 10.2 Å². The Balaban J connectivity index is 1.89. The Hall–Kier alpha value is -1.96. The molecule has 0 unspecified atom stereocenters. The lowest BCUT2D eigenvalue weighted by molar-refractivity contribution is 0.0858. The predicted molar refractivity (Wildman–Crippen MR) is 80.4 cm³/mol. The molecule has 1 aliphatic rings. The fourth-order valence-corrected chi connectivity index (χ4v) is 2.47. The summed E-state index contributed by atoms with van der Waals surface area (Å²) in [6.07, 6.45) is 0.395. The van der Waals surface area contributed by atoms with E-state index in [4.69, 9.17) is 16.3 Å². The van der Waals surface area contributed by atoms with E-state index in [9.17, 15) is 22.8 Å². The van der Waals surface area contributed by atoms with Gasteiger partial charge in [-0.05, 0) is 25.0 Å². The highest BCUT2D eigenvalue weighted by Gasteiger charge is 2.26. The maximum absolute atomic E-state index is 13.6. The van der Waals surface area contributed by atoms with Gasteiger partial charge in [-0.15, -0.1) is 11.6 Å². The first-order valence-corrected chi connectivity index (χ1v) is 7.89. The quantitative estimate of drug-likeness (QED) is 0.660. The standard InChI is InChI=1S/C15H16ClF3N2O3/c16-5-8-24-15(23)21-6-3-9(4-7-21)20-14(22)10-1-2-11(17)13(19)12(10)18/h1-2,9H,3-8H2,(H,20,22). The van der Waals surface area contributed by atoms with Crippen molar-refractivity contribution < 1.29 is 27.5 Å². The van der Waals surface area contributed by atoms with Gasteiger partial charge in [0.25, 0.3) is 5.91 Å². The number of carbonyl (C=O) groups excluding carboxylic acids is 2. The molecular weight excluding hydrogens is 349 g/mol. The average molecular weight is 365 g/mol. The second kappa shape index (κ2) is 8.23. The Morgan fingerprint density at radius 2 is 1.88 bits per heavy atom. The van der Waals surface area contributed by atoms with Gasteiger partial charge in [0.05, 0.1) is 11.4 Å². The lowest BCUT2D eigenvalue weighted by atomic mass is 10.0. The van der Waals surface area contributed by atoms with Crippen molar-refractivity contribution in [3.05, 3.63) is 35.1 Å². The Kier molecular flexibility index (Phi) is 6.30. The number of nitrogens with one attached hydrogen (secondary N) is 1. The number of carbonyl (C=O) groups is 2. The molecule has 0 saturated carbocycles. The first-order valence-electron chi connectivity index (χ1n) is 7.36. The molecule has 2 rings (SSSR count). The molecule has 2 amide bonds. The molecule has 1 heterocycles. The number of hydrogen-bond acceptors (Lipinski definition) is 3. The summed E-state index contributed by atoms with van der Waals surface area (Å²) in [5.74, 6) is -5.17. The largest absolute Gasteiger partial charge is 0.448 e. The highest BCUT2D eigenvalue weighted by Crippen LogP contribution is 2.17. The Morgan fingerprint density at radius 3 is 2.50 bits per heavy atom. The van der Waals surface area contributed by atoms with Crippen LogP contribution in [0.5, 0.6) is 0 Å². The van der Waals surface area contributed by atoms with Crippen molar-refractivity contribution in [3.8, 4) is 0 Å². The van der Waals surface area contributed by atoms with Crippen LogP contribution in [0.25, 0.3) is 0 Å². The van der Waals surface area contributed by atoms with Gasteiger partial charge in [0.15, 0.2) is 17.5 Å². The van der Waals surface area contributed by atoms with Gasteiger partial charge in [0, 0.05) is 19.1 Å². The summed E-state index contributed by atoms with van der Waals surface area (Å²) < 4.78 is 44.6. The molecule has 1 aromatic rings.